The Morgan fingerprint density at radius 3 is 2.60 bits per heavy atom. The molecule has 12 heteroatoms. The Balaban J connectivity index is 1.31. The lowest BCUT2D eigenvalue weighted by atomic mass is 9.94. The molecule has 0 radical (unpaired) electrons. The summed E-state index contributed by atoms with van der Waals surface area (Å²) in [5.74, 6) is -2.18. The Kier molecular flexibility index (Phi) is 8.14. The second kappa shape index (κ2) is 11.9. The molecule has 5 N–H and O–H groups in total. The first-order chi connectivity index (χ1) is 20.2. The minimum Gasteiger partial charge on any atom is -0.496 e. The summed E-state index contributed by atoms with van der Waals surface area (Å²) >= 11 is 0. The molecule has 1 aromatic heterocycles. The average Bonchev–Trinajstić information content (AvgIpc) is 3.67. The molecule has 2 fully saturated rings. The van der Waals surface area contributed by atoms with Gasteiger partial charge in [-0.05, 0) is 68.7 Å². The molecule has 0 spiro atoms. The molecule has 3 aromatic rings. The van der Waals surface area contributed by atoms with Gasteiger partial charge in [0.05, 0.1) is 18.7 Å². The van der Waals surface area contributed by atoms with E-state index in [0.29, 0.717) is 29.9 Å². The Morgan fingerprint density at radius 2 is 1.90 bits per heavy atom. The van der Waals surface area contributed by atoms with Crippen LogP contribution < -0.4 is 21.1 Å². The Labute approximate surface area is 241 Å². The van der Waals surface area contributed by atoms with E-state index in [4.69, 9.17) is 15.2 Å². The third-order valence-electron chi connectivity index (χ3n) is 7.87. The number of hydrogen-bond donors (Lipinski definition) is 4. The average molecular weight is 576 g/mol. The molecular weight excluding hydrogens is 542 g/mol. The molecule has 2 saturated heterocycles. The number of carbonyl (C=O) groups is 5. The number of nitrogens with two attached hydrogens (primary N) is 1. The molecule has 5 rings (SSSR count). The van der Waals surface area contributed by atoms with E-state index < -0.39 is 54.2 Å². The summed E-state index contributed by atoms with van der Waals surface area (Å²) in [4.78, 5) is 69.7. The number of Topliss-reactive ketones (excluding diaryl/α,β-unsaturated/α-hetero) is 1. The third kappa shape index (κ3) is 5.78. The van der Waals surface area contributed by atoms with Gasteiger partial charge in [-0.2, -0.15) is 0 Å². The molecule has 2 aliphatic heterocycles. The van der Waals surface area contributed by atoms with Gasteiger partial charge >= 0.3 is 5.97 Å². The van der Waals surface area contributed by atoms with Crippen molar-refractivity contribution < 1.29 is 33.4 Å². The van der Waals surface area contributed by atoms with Crippen molar-refractivity contribution in [2.24, 2.45) is 5.92 Å². The van der Waals surface area contributed by atoms with Crippen LogP contribution in [0.3, 0.4) is 0 Å². The molecule has 3 heterocycles. The zero-order chi connectivity index (χ0) is 30.0. The zero-order valence-corrected chi connectivity index (χ0v) is 23.3. The number of ketones is 1. The monoisotopic (exact) mass is 575 g/mol. The van der Waals surface area contributed by atoms with Crippen LogP contribution in [0.4, 0.5) is 5.69 Å². The second-order valence-corrected chi connectivity index (χ2v) is 10.7. The fraction of sp³-hybridized carbons (Fsp3) is 0.367. The number of carbonyl (C=O) groups excluding carboxylic acids is 5. The highest BCUT2D eigenvalue weighted by Gasteiger charge is 2.45. The Bertz CT molecular complexity index is 1530. The highest BCUT2D eigenvalue weighted by atomic mass is 16.5. The molecule has 3 amide bonds. The van der Waals surface area contributed by atoms with Crippen molar-refractivity contribution >= 4 is 46.1 Å². The molecule has 2 aromatic carbocycles. The maximum Gasteiger partial charge on any atom is 0.338 e. The fourth-order valence-corrected chi connectivity index (χ4v) is 5.67. The number of ether oxygens (including phenoxy) is 2. The van der Waals surface area contributed by atoms with E-state index in [9.17, 15) is 24.0 Å². The summed E-state index contributed by atoms with van der Waals surface area (Å²) in [5.41, 5.74) is 7.34. The standard InChI is InChI=1S/C30H33N5O7/c1-16-12-23(34-28(38)22-14-20-21(33-22)4-3-5-26(20)41-2)29(39)35(16)24(13-18-10-11-32-27(18)37)25(36)15-42-30(40)17-6-8-19(31)9-7-17/h3-9,14,16,18,23-24,33H,10-13,15,31H2,1-2H3,(H,32,37)(H,34,38)/t16?,18-,23-,24-/m0/s1. The van der Waals surface area contributed by atoms with E-state index >= 15 is 0 Å². The van der Waals surface area contributed by atoms with Crippen molar-refractivity contribution in [2.75, 3.05) is 26.0 Å². The highest BCUT2D eigenvalue weighted by molar-refractivity contribution is 6.02. The van der Waals surface area contributed by atoms with Crippen molar-refractivity contribution in [3.63, 3.8) is 0 Å². The quantitative estimate of drug-likeness (QED) is 0.209. The number of H-pyrrole nitrogens is 1. The topological polar surface area (TPSA) is 173 Å². The van der Waals surface area contributed by atoms with Crippen LogP contribution in [0.5, 0.6) is 5.75 Å². The molecule has 1 unspecified atom stereocenters. The number of esters is 1. The van der Waals surface area contributed by atoms with Crippen LogP contribution in [-0.4, -0.2) is 77.7 Å². The van der Waals surface area contributed by atoms with E-state index in [1.54, 1.807) is 44.4 Å². The predicted octanol–water partition coefficient (Wildman–Crippen LogP) is 1.80. The first-order valence-corrected chi connectivity index (χ1v) is 13.8. The number of hydrogen-bond acceptors (Lipinski definition) is 8. The van der Waals surface area contributed by atoms with Gasteiger partial charge in [-0.25, -0.2) is 4.79 Å². The number of aromatic amines is 1. The van der Waals surface area contributed by atoms with E-state index in [-0.39, 0.29) is 30.0 Å². The van der Waals surface area contributed by atoms with Crippen molar-refractivity contribution in [3.05, 3.63) is 59.8 Å². The van der Waals surface area contributed by atoms with E-state index in [1.165, 1.54) is 17.0 Å². The number of nitrogens with zero attached hydrogens (tertiary/aromatic N) is 1. The number of likely N-dealkylation sites (tertiary alicyclic amines) is 1. The third-order valence-corrected chi connectivity index (χ3v) is 7.87. The van der Waals surface area contributed by atoms with Crippen molar-refractivity contribution in [1.29, 1.82) is 0 Å². The first-order valence-electron chi connectivity index (χ1n) is 13.8. The Hall–Kier alpha value is -4.87. The number of benzene rings is 2. The van der Waals surface area contributed by atoms with Crippen LogP contribution in [-0.2, 0) is 19.1 Å². The van der Waals surface area contributed by atoms with Crippen LogP contribution in [0, 0.1) is 5.92 Å². The number of nitrogen functional groups attached to an aromatic ring is 1. The van der Waals surface area contributed by atoms with Gasteiger partial charge in [-0.3, -0.25) is 19.2 Å². The van der Waals surface area contributed by atoms with E-state index in [2.05, 4.69) is 15.6 Å². The molecule has 0 saturated carbocycles. The van der Waals surface area contributed by atoms with E-state index in [1.807, 2.05) is 6.07 Å². The number of aromatic nitrogens is 1. The minimum absolute atomic E-state index is 0.0860. The van der Waals surface area contributed by atoms with Crippen LogP contribution >= 0.6 is 0 Å². The molecule has 42 heavy (non-hydrogen) atoms. The summed E-state index contributed by atoms with van der Waals surface area (Å²) in [6.07, 6.45) is 0.872. The second-order valence-electron chi connectivity index (χ2n) is 10.7. The summed E-state index contributed by atoms with van der Waals surface area (Å²) in [5, 5.41) is 6.27. The fourth-order valence-electron chi connectivity index (χ4n) is 5.67. The summed E-state index contributed by atoms with van der Waals surface area (Å²) < 4.78 is 10.6. The summed E-state index contributed by atoms with van der Waals surface area (Å²) in [6, 6.07) is 10.8. The van der Waals surface area contributed by atoms with Crippen molar-refractivity contribution in [2.45, 2.75) is 44.3 Å². The van der Waals surface area contributed by atoms with Crippen LogP contribution in [0.2, 0.25) is 0 Å². The lowest BCUT2D eigenvalue weighted by molar-refractivity contribution is -0.141. The summed E-state index contributed by atoms with van der Waals surface area (Å²) in [6.45, 7) is 1.69. The molecule has 12 nitrogen and oxygen atoms in total. The van der Waals surface area contributed by atoms with E-state index in [0.717, 1.165) is 5.39 Å². The number of methoxy groups -OCH3 is 1. The van der Waals surface area contributed by atoms with Crippen LogP contribution in [0.1, 0.15) is 47.0 Å². The number of anilines is 1. The van der Waals surface area contributed by atoms with Gasteiger partial charge in [-0.1, -0.05) is 6.07 Å². The van der Waals surface area contributed by atoms with Gasteiger partial charge in [0.1, 0.15) is 17.5 Å². The SMILES string of the molecule is COc1cccc2[nH]c(C(=O)N[C@H]3CC(C)N([C@@H](C[C@@H]4CCNC4=O)C(=O)COC(=O)c4ccc(N)cc4)C3=O)cc12. The molecule has 220 valence electrons. The lowest BCUT2D eigenvalue weighted by Crippen LogP contribution is -2.51. The van der Waals surface area contributed by atoms with Gasteiger partial charge < -0.3 is 35.7 Å². The number of amides is 3. The van der Waals surface area contributed by atoms with Gasteiger partial charge in [-0.15, -0.1) is 0 Å². The smallest absolute Gasteiger partial charge is 0.338 e. The number of rotatable bonds is 10. The number of fused-ring (bicyclic) bond motifs is 1. The zero-order valence-electron chi connectivity index (χ0n) is 23.3. The minimum atomic E-state index is -1.01. The molecule has 0 bridgehead atoms. The van der Waals surface area contributed by atoms with Crippen molar-refractivity contribution in [3.8, 4) is 5.75 Å². The maximum atomic E-state index is 13.7. The van der Waals surface area contributed by atoms with Crippen molar-refractivity contribution in [1.82, 2.24) is 20.5 Å². The first kappa shape index (κ1) is 28.7. The summed E-state index contributed by atoms with van der Waals surface area (Å²) in [7, 11) is 1.54. The largest absolute Gasteiger partial charge is 0.496 e. The van der Waals surface area contributed by atoms with Gasteiger partial charge in [0.25, 0.3) is 5.91 Å². The molecule has 2 aliphatic rings. The highest BCUT2D eigenvalue weighted by Crippen LogP contribution is 2.29. The van der Waals surface area contributed by atoms with Gasteiger partial charge in [0, 0.05) is 35.1 Å². The lowest BCUT2D eigenvalue weighted by Gasteiger charge is -2.31. The maximum absolute atomic E-state index is 13.7. The normalized spacial score (nSPS) is 20.8. The van der Waals surface area contributed by atoms with Crippen LogP contribution in [0.15, 0.2) is 48.5 Å². The van der Waals surface area contributed by atoms with Gasteiger partial charge in [0.15, 0.2) is 12.4 Å². The predicted molar refractivity (Wildman–Crippen MR) is 153 cm³/mol. The molecular formula is C30H33N5O7. The Morgan fingerprint density at radius 1 is 1.14 bits per heavy atom. The molecule has 4 atom stereocenters. The van der Waals surface area contributed by atoms with Gasteiger partial charge in [0.2, 0.25) is 11.8 Å². The van der Waals surface area contributed by atoms with Crippen LogP contribution in [0.25, 0.3) is 10.9 Å². The molecule has 0 aliphatic carbocycles. The number of nitrogens with one attached hydrogen (secondary N) is 3.